The van der Waals surface area contributed by atoms with E-state index in [4.69, 9.17) is 12.2 Å². The Labute approximate surface area is 206 Å². The van der Waals surface area contributed by atoms with Crippen LogP contribution in [0.2, 0.25) is 0 Å². The Balaban J connectivity index is 1.22. The molecule has 1 fully saturated rings. The van der Waals surface area contributed by atoms with Crippen molar-refractivity contribution in [3.05, 3.63) is 81.8 Å². The molecule has 1 aromatic heterocycles. The molecule has 4 aromatic rings. The van der Waals surface area contributed by atoms with E-state index in [1.165, 1.54) is 11.3 Å². The predicted molar refractivity (Wildman–Crippen MR) is 141 cm³/mol. The van der Waals surface area contributed by atoms with Gasteiger partial charge in [-0.15, -0.1) is 11.3 Å². The van der Waals surface area contributed by atoms with Crippen molar-refractivity contribution in [3.8, 4) is 0 Å². The minimum atomic E-state index is -3.29. The third-order valence-corrected chi connectivity index (χ3v) is 7.39. The van der Waals surface area contributed by atoms with E-state index in [0.29, 0.717) is 21.1 Å². The molecule has 3 aromatic carbocycles. The fraction of sp³-hybridized carbons (Fsp3) is 0.167. The van der Waals surface area contributed by atoms with Gasteiger partial charge in [0.05, 0.1) is 16.5 Å². The Morgan fingerprint density at radius 1 is 1.03 bits per heavy atom. The highest BCUT2D eigenvalue weighted by atomic mass is 32.2. The van der Waals surface area contributed by atoms with E-state index in [-0.39, 0.29) is 11.9 Å². The Kier molecular flexibility index (Phi) is 5.88. The summed E-state index contributed by atoms with van der Waals surface area (Å²) in [7, 11) is -3.29. The van der Waals surface area contributed by atoms with E-state index < -0.39 is 10.0 Å². The first-order valence-corrected chi connectivity index (χ1v) is 13.7. The SMILES string of the molecule is CS(=O)(=O)Nc1ccc(C2CC2Nc2cccc(C(=O)Nc3ccc4[nH]c(=S)sc4c3)c2)cc1. The van der Waals surface area contributed by atoms with Gasteiger partial charge in [0.2, 0.25) is 10.0 Å². The van der Waals surface area contributed by atoms with Gasteiger partial charge in [-0.2, -0.15) is 0 Å². The monoisotopic (exact) mass is 510 g/mol. The molecule has 4 N–H and O–H groups in total. The van der Waals surface area contributed by atoms with Crippen LogP contribution in [0.25, 0.3) is 10.2 Å². The van der Waals surface area contributed by atoms with E-state index in [2.05, 4.69) is 20.3 Å². The maximum absolute atomic E-state index is 12.8. The lowest BCUT2D eigenvalue weighted by molar-refractivity contribution is 0.102. The molecular weight excluding hydrogens is 488 g/mol. The number of hydrogen-bond donors (Lipinski definition) is 4. The summed E-state index contributed by atoms with van der Waals surface area (Å²) in [6.07, 6.45) is 2.10. The van der Waals surface area contributed by atoms with Crippen LogP contribution in [-0.4, -0.2) is 31.6 Å². The molecule has 5 rings (SSSR count). The van der Waals surface area contributed by atoms with Crippen LogP contribution >= 0.6 is 23.6 Å². The molecule has 1 amide bonds. The van der Waals surface area contributed by atoms with Crippen LogP contribution in [0.4, 0.5) is 17.1 Å². The van der Waals surface area contributed by atoms with Gasteiger partial charge < -0.3 is 15.6 Å². The Morgan fingerprint density at radius 2 is 1.79 bits per heavy atom. The van der Waals surface area contributed by atoms with Gasteiger partial charge in [-0.3, -0.25) is 9.52 Å². The minimum absolute atomic E-state index is 0.177. The van der Waals surface area contributed by atoms with Crippen molar-refractivity contribution >= 4 is 66.8 Å². The first kappa shape index (κ1) is 22.6. The van der Waals surface area contributed by atoms with Crippen molar-refractivity contribution in [2.45, 2.75) is 18.4 Å². The average molecular weight is 511 g/mol. The molecule has 2 unspecified atom stereocenters. The molecule has 1 aliphatic rings. The van der Waals surface area contributed by atoms with Crippen LogP contribution in [-0.2, 0) is 10.0 Å². The molecule has 2 atom stereocenters. The molecule has 0 bridgehead atoms. The number of fused-ring (bicyclic) bond motifs is 1. The van der Waals surface area contributed by atoms with Gasteiger partial charge in [0.15, 0.2) is 3.95 Å². The number of anilines is 3. The molecule has 0 radical (unpaired) electrons. The zero-order valence-electron chi connectivity index (χ0n) is 18.2. The number of nitrogens with one attached hydrogen (secondary N) is 4. The highest BCUT2D eigenvalue weighted by Gasteiger charge is 2.38. The number of aromatic nitrogens is 1. The molecule has 0 saturated heterocycles. The topological polar surface area (TPSA) is 103 Å². The summed E-state index contributed by atoms with van der Waals surface area (Å²) in [5.74, 6) is 0.164. The van der Waals surface area contributed by atoms with Crippen LogP contribution in [0.5, 0.6) is 0 Å². The van der Waals surface area contributed by atoms with E-state index in [9.17, 15) is 13.2 Å². The van der Waals surface area contributed by atoms with Crippen LogP contribution in [0, 0.1) is 3.95 Å². The minimum Gasteiger partial charge on any atom is -0.382 e. The van der Waals surface area contributed by atoms with Crippen LogP contribution in [0.1, 0.15) is 28.3 Å². The van der Waals surface area contributed by atoms with Crippen LogP contribution < -0.4 is 15.4 Å². The smallest absolute Gasteiger partial charge is 0.255 e. The zero-order chi connectivity index (χ0) is 23.9. The van der Waals surface area contributed by atoms with Gasteiger partial charge in [-0.25, -0.2) is 8.42 Å². The first-order valence-electron chi connectivity index (χ1n) is 10.6. The molecule has 34 heavy (non-hydrogen) atoms. The second-order valence-corrected chi connectivity index (χ2v) is 11.8. The lowest BCUT2D eigenvalue weighted by Crippen LogP contribution is -2.12. The Morgan fingerprint density at radius 3 is 2.56 bits per heavy atom. The van der Waals surface area contributed by atoms with Crippen molar-refractivity contribution in [3.63, 3.8) is 0 Å². The number of benzene rings is 3. The van der Waals surface area contributed by atoms with E-state index in [0.717, 1.165) is 39.8 Å². The number of carbonyl (C=O) groups excluding carboxylic acids is 1. The van der Waals surface area contributed by atoms with Gasteiger partial charge in [0.25, 0.3) is 5.91 Å². The summed E-state index contributed by atoms with van der Waals surface area (Å²) in [6.45, 7) is 0. The Hall–Kier alpha value is -3.21. The molecule has 1 saturated carbocycles. The molecule has 174 valence electrons. The van der Waals surface area contributed by atoms with Crippen molar-refractivity contribution in [2.24, 2.45) is 0 Å². The molecule has 10 heteroatoms. The fourth-order valence-corrected chi connectivity index (χ4v) is 5.65. The van der Waals surface area contributed by atoms with Crippen molar-refractivity contribution < 1.29 is 13.2 Å². The van der Waals surface area contributed by atoms with Crippen LogP contribution in [0.15, 0.2) is 66.7 Å². The third kappa shape index (κ3) is 5.30. The maximum Gasteiger partial charge on any atom is 0.255 e. The number of hydrogen-bond acceptors (Lipinski definition) is 6. The lowest BCUT2D eigenvalue weighted by atomic mass is 10.1. The lowest BCUT2D eigenvalue weighted by Gasteiger charge is -2.10. The summed E-state index contributed by atoms with van der Waals surface area (Å²) in [5, 5.41) is 6.45. The summed E-state index contributed by atoms with van der Waals surface area (Å²) in [5.41, 5.74) is 4.83. The number of amides is 1. The number of thiazole rings is 1. The molecule has 0 aliphatic heterocycles. The van der Waals surface area contributed by atoms with E-state index in [1.807, 2.05) is 48.5 Å². The number of H-pyrrole nitrogens is 1. The largest absolute Gasteiger partial charge is 0.382 e. The summed E-state index contributed by atoms with van der Waals surface area (Å²) >= 11 is 6.66. The van der Waals surface area contributed by atoms with Crippen LogP contribution in [0.3, 0.4) is 0 Å². The van der Waals surface area contributed by atoms with E-state index >= 15 is 0 Å². The van der Waals surface area contributed by atoms with Crippen molar-refractivity contribution in [1.29, 1.82) is 0 Å². The second-order valence-electron chi connectivity index (χ2n) is 8.35. The Bertz CT molecular complexity index is 1540. The molecular formula is C24H22N4O3S3. The van der Waals surface area contributed by atoms with Gasteiger partial charge in [-0.05, 0) is 72.7 Å². The fourth-order valence-electron chi connectivity index (χ4n) is 3.93. The standard InChI is InChI=1S/C24H22N4O3S3/c1-34(30,31)28-16-7-5-14(6-8-16)19-13-21(19)25-17-4-2-3-15(11-17)23(29)26-18-9-10-20-22(12-18)33-24(32)27-20/h2-12,19,21,25,28H,13H2,1H3,(H,26,29)(H,27,32). The highest BCUT2D eigenvalue weighted by molar-refractivity contribution is 7.92. The first-order chi connectivity index (χ1) is 16.2. The number of sulfonamides is 1. The van der Waals surface area contributed by atoms with Gasteiger partial charge in [0, 0.05) is 34.6 Å². The van der Waals surface area contributed by atoms with Gasteiger partial charge in [0.1, 0.15) is 0 Å². The molecule has 1 aliphatic carbocycles. The normalized spacial score (nSPS) is 17.3. The second kappa shape index (κ2) is 8.86. The summed E-state index contributed by atoms with van der Waals surface area (Å²) in [6, 6.07) is 20.8. The van der Waals surface area contributed by atoms with Gasteiger partial charge in [-0.1, -0.05) is 18.2 Å². The number of rotatable bonds is 7. The highest BCUT2D eigenvalue weighted by Crippen LogP contribution is 2.43. The third-order valence-electron chi connectivity index (χ3n) is 5.59. The molecule has 1 heterocycles. The zero-order valence-corrected chi connectivity index (χ0v) is 20.6. The summed E-state index contributed by atoms with van der Waals surface area (Å²) < 4.78 is 26.9. The molecule has 0 spiro atoms. The van der Waals surface area contributed by atoms with E-state index in [1.54, 1.807) is 18.2 Å². The average Bonchev–Trinajstić information content (AvgIpc) is 3.43. The number of carbonyl (C=O) groups is 1. The molecule has 7 nitrogen and oxygen atoms in total. The quantitative estimate of drug-likeness (QED) is 0.244. The predicted octanol–water partition coefficient (Wildman–Crippen LogP) is 5.55. The van der Waals surface area contributed by atoms with Crippen molar-refractivity contribution in [2.75, 3.05) is 21.6 Å². The maximum atomic E-state index is 12.8. The number of aromatic amines is 1. The van der Waals surface area contributed by atoms with Gasteiger partial charge >= 0.3 is 0 Å². The summed E-state index contributed by atoms with van der Waals surface area (Å²) in [4.78, 5) is 15.9. The van der Waals surface area contributed by atoms with Crippen molar-refractivity contribution in [1.82, 2.24) is 4.98 Å².